The normalized spacial score (nSPS) is 16.4. The van der Waals surface area contributed by atoms with E-state index >= 15 is 0 Å². The number of nitrogens with one attached hydrogen (secondary N) is 1. The molecule has 1 atom stereocenters. The molecule has 1 aromatic rings. The maximum atomic E-state index is 5.88. The number of alkyl halides is 1. The Bertz CT molecular complexity index is 393. The first kappa shape index (κ1) is 13.6. The number of anilines is 1. The van der Waals surface area contributed by atoms with Gasteiger partial charge in [0.2, 0.25) is 0 Å². The summed E-state index contributed by atoms with van der Waals surface area (Å²) < 4.78 is 0. The van der Waals surface area contributed by atoms with Crippen molar-refractivity contribution in [1.82, 2.24) is 9.97 Å². The molecule has 1 aliphatic rings. The number of aryl methyl sites for hydroxylation is 1. The standard InChI is InChI=1S/C14H22ClN3/c1-10(2)12(7-8-15)18-14-11-5-3-4-6-13(11)16-9-17-14/h9-10,12H,3-8H2,1-2H3,(H,16,17,18). The van der Waals surface area contributed by atoms with Crippen LogP contribution in [0.1, 0.15) is 44.4 Å². The number of hydrogen-bond acceptors (Lipinski definition) is 3. The number of aromatic nitrogens is 2. The Morgan fingerprint density at radius 3 is 2.78 bits per heavy atom. The monoisotopic (exact) mass is 267 g/mol. The summed E-state index contributed by atoms with van der Waals surface area (Å²) in [6.07, 6.45) is 7.34. The minimum atomic E-state index is 0.392. The van der Waals surface area contributed by atoms with Gasteiger partial charge in [0.05, 0.1) is 0 Å². The summed E-state index contributed by atoms with van der Waals surface area (Å²) in [5.41, 5.74) is 2.55. The molecule has 0 saturated heterocycles. The highest BCUT2D eigenvalue weighted by atomic mass is 35.5. The van der Waals surface area contributed by atoms with Crippen LogP contribution in [0.25, 0.3) is 0 Å². The summed E-state index contributed by atoms with van der Waals surface area (Å²) in [4.78, 5) is 8.83. The Morgan fingerprint density at radius 2 is 2.06 bits per heavy atom. The van der Waals surface area contributed by atoms with Gasteiger partial charge in [-0.3, -0.25) is 0 Å². The Labute approximate surface area is 114 Å². The Balaban J connectivity index is 2.17. The minimum absolute atomic E-state index is 0.392. The molecule has 2 rings (SSSR count). The van der Waals surface area contributed by atoms with Gasteiger partial charge in [0.25, 0.3) is 0 Å². The van der Waals surface area contributed by atoms with Crippen LogP contribution in [0.4, 0.5) is 5.82 Å². The molecule has 0 aliphatic heterocycles. The Kier molecular flexibility index (Phi) is 4.81. The molecule has 1 aliphatic carbocycles. The average molecular weight is 268 g/mol. The number of fused-ring (bicyclic) bond motifs is 1. The third kappa shape index (κ3) is 3.14. The molecule has 0 aromatic carbocycles. The molecular weight excluding hydrogens is 246 g/mol. The van der Waals surface area contributed by atoms with E-state index in [0.717, 1.165) is 25.1 Å². The maximum absolute atomic E-state index is 5.88. The SMILES string of the molecule is CC(C)C(CCCl)Nc1ncnc2c1CCCC2. The van der Waals surface area contributed by atoms with Crippen LogP contribution in [0.2, 0.25) is 0 Å². The second-order valence-corrected chi connectivity index (χ2v) is 5.71. The molecule has 0 bridgehead atoms. The van der Waals surface area contributed by atoms with Crippen molar-refractivity contribution in [2.24, 2.45) is 5.92 Å². The third-order valence-electron chi connectivity index (χ3n) is 3.67. The summed E-state index contributed by atoms with van der Waals surface area (Å²) >= 11 is 5.88. The predicted molar refractivity (Wildman–Crippen MR) is 76.3 cm³/mol. The summed E-state index contributed by atoms with van der Waals surface area (Å²) in [6.45, 7) is 4.44. The highest BCUT2D eigenvalue weighted by Crippen LogP contribution is 2.26. The largest absolute Gasteiger partial charge is 0.367 e. The van der Waals surface area contributed by atoms with Gasteiger partial charge in [-0.15, -0.1) is 11.6 Å². The second-order valence-electron chi connectivity index (χ2n) is 5.33. The molecule has 18 heavy (non-hydrogen) atoms. The maximum Gasteiger partial charge on any atom is 0.133 e. The van der Waals surface area contributed by atoms with Crippen LogP contribution in [-0.4, -0.2) is 21.9 Å². The van der Waals surface area contributed by atoms with E-state index in [4.69, 9.17) is 11.6 Å². The Morgan fingerprint density at radius 1 is 1.28 bits per heavy atom. The lowest BCUT2D eigenvalue weighted by Gasteiger charge is -2.25. The number of halogens is 1. The number of nitrogens with zero attached hydrogens (tertiary/aromatic N) is 2. The van der Waals surface area contributed by atoms with Crippen LogP contribution in [0, 0.1) is 5.92 Å². The van der Waals surface area contributed by atoms with Gasteiger partial charge in [0.1, 0.15) is 12.1 Å². The molecule has 1 unspecified atom stereocenters. The molecule has 1 aromatic heterocycles. The van der Waals surface area contributed by atoms with E-state index in [-0.39, 0.29) is 0 Å². The Hall–Kier alpha value is -0.830. The summed E-state index contributed by atoms with van der Waals surface area (Å²) in [5.74, 6) is 2.27. The molecule has 4 heteroatoms. The van der Waals surface area contributed by atoms with E-state index in [2.05, 4.69) is 29.1 Å². The van der Waals surface area contributed by atoms with Gasteiger partial charge >= 0.3 is 0 Å². The van der Waals surface area contributed by atoms with Crippen molar-refractivity contribution < 1.29 is 0 Å². The highest BCUT2D eigenvalue weighted by molar-refractivity contribution is 6.17. The quantitative estimate of drug-likeness (QED) is 0.831. The van der Waals surface area contributed by atoms with Crippen LogP contribution in [0.3, 0.4) is 0 Å². The van der Waals surface area contributed by atoms with E-state index in [1.54, 1.807) is 6.33 Å². The van der Waals surface area contributed by atoms with Gasteiger partial charge in [-0.05, 0) is 38.0 Å². The first-order valence-electron chi connectivity index (χ1n) is 6.87. The van der Waals surface area contributed by atoms with Gasteiger partial charge < -0.3 is 5.32 Å². The van der Waals surface area contributed by atoms with Crippen molar-refractivity contribution in [3.05, 3.63) is 17.6 Å². The van der Waals surface area contributed by atoms with Crippen LogP contribution in [0.5, 0.6) is 0 Å². The zero-order valence-electron chi connectivity index (χ0n) is 11.2. The molecule has 1 heterocycles. The highest BCUT2D eigenvalue weighted by Gasteiger charge is 2.19. The summed E-state index contributed by atoms with van der Waals surface area (Å²) in [7, 11) is 0. The zero-order valence-corrected chi connectivity index (χ0v) is 12.0. The van der Waals surface area contributed by atoms with Crippen LogP contribution < -0.4 is 5.32 Å². The van der Waals surface area contributed by atoms with E-state index in [1.807, 2.05) is 0 Å². The van der Waals surface area contributed by atoms with Crippen LogP contribution in [-0.2, 0) is 12.8 Å². The first-order chi connectivity index (χ1) is 8.72. The van der Waals surface area contributed by atoms with Crippen molar-refractivity contribution >= 4 is 17.4 Å². The smallest absolute Gasteiger partial charge is 0.133 e. The molecule has 0 saturated carbocycles. The van der Waals surface area contributed by atoms with E-state index in [1.165, 1.54) is 24.1 Å². The molecule has 1 N–H and O–H groups in total. The van der Waals surface area contributed by atoms with Gasteiger partial charge in [0.15, 0.2) is 0 Å². The fraction of sp³-hybridized carbons (Fsp3) is 0.714. The summed E-state index contributed by atoms with van der Waals surface area (Å²) in [6, 6.07) is 0.392. The molecular formula is C14H22ClN3. The van der Waals surface area contributed by atoms with Crippen molar-refractivity contribution in [3.63, 3.8) is 0 Å². The van der Waals surface area contributed by atoms with E-state index in [9.17, 15) is 0 Å². The number of hydrogen-bond donors (Lipinski definition) is 1. The summed E-state index contributed by atoms with van der Waals surface area (Å²) in [5, 5.41) is 3.57. The topological polar surface area (TPSA) is 37.8 Å². The fourth-order valence-corrected chi connectivity index (χ4v) is 2.75. The molecule has 0 spiro atoms. The molecule has 0 amide bonds. The van der Waals surface area contributed by atoms with Gasteiger partial charge in [-0.25, -0.2) is 9.97 Å². The van der Waals surface area contributed by atoms with Gasteiger partial charge in [-0.1, -0.05) is 13.8 Å². The predicted octanol–water partition coefficient (Wildman–Crippen LogP) is 3.42. The van der Waals surface area contributed by atoms with E-state index < -0.39 is 0 Å². The second kappa shape index (κ2) is 6.37. The zero-order chi connectivity index (χ0) is 13.0. The van der Waals surface area contributed by atoms with Crippen LogP contribution in [0.15, 0.2) is 6.33 Å². The number of rotatable bonds is 5. The lowest BCUT2D eigenvalue weighted by atomic mass is 9.95. The van der Waals surface area contributed by atoms with Crippen molar-refractivity contribution in [2.75, 3.05) is 11.2 Å². The third-order valence-corrected chi connectivity index (χ3v) is 3.89. The lowest BCUT2D eigenvalue weighted by Crippen LogP contribution is -2.28. The fourth-order valence-electron chi connectivity index (χ4n) is 2.51. The molecule has 0 fully saturated rings. The minimum Gasteiger partial charge on any atom is -0.367 e. The molecule has 3 nitrogen and oxygen atoms in total. The van der Waals surface area contributed by atoms with Crippen molar-refractivity contribution in [2.45, 2.75) is 52.0 Å². The van der Waals surface area contributed by atoms with Crippen molar-refractivity contribution in [3.8, 4) is 0 Å². The van der Waals surface area contributed by atoms with Gasteiger partial charge in [0, 0.05) is 23.2 Å². The van der Waals surface area contributed by atoms with Gasteiger partial charge in [-0.2, -0.15) is 0 Å². The van der Waals surface area contributed by atoms with Crippen molar-refractivity contribution in [1.29, 1.82) is 0 Å². The van der Waals surface area contributed by atoms with E-state index in [0.29, 0.717) is 17.8 Å². The first-order valence-corrected chi connectivity index (χ1v) is 7.41. The molecule has 0 radical (unpaired) electrons. The lowest BCUT2D eigenvalue weighted by molar-refractivity contribution is 0.510. The van der Waals surface area contributed by atoms with Crippen LogP contribution >= 0.6 is 11.6 Å². The molecule has 100 valence electrons. The average Bonchev–Trinajstić information content (AvgIpc) is 2.38.